The zero-order valence-electron chi connectivity index (χ0n) is 18.2. The summed E-state index contributed by atoms with van der Waals surface area (Å²) < 4.78 is 30.2. The number of nitrogens with one attached hydrogen (secondary N) is 1. The Balaban J connectivity index is 1.44. The van der Waals surface area contributed by atoms with Crippen molar-refractivity contribution in [1.82, 2.24) is 29.6 Å². The minimum Gasteiger partial charge on any atom is -0.341 e. The van der Waals surface area contributed by atoms with Gasteiger partial charge in [-0.15, -0.1) is 5.10 Å². The number of para-hydroxylation sites is 2. The van der Waals surface area contributed by atoms with Crippen LogP contribution < -0.4 is 5.32 Å². The molecule has 0 fully saturated rings. The number of hydrogen-bond acceptors (Lipinski definition) is 4. The summed E-state index contributed by atoms with van der Waals surface area (Å²) in [4.78, 5) is 21.8. The van der Waals surface area contributed by atoms with Crippen molar-refractivity contribution in [3.63, 3.8) is 0 Å². The third kappa shape index (κ3) is 4.27. The number of aromatic nitrogens is 5. The molecule has 5 aromatic rings. The monoisotopic (exact) mass is 458 g/mol. The van der Waals surface area contributed by atoms with Crippen LogP contribution >= 0.6 is 0 Å². The van der Waals surface area contributed by atoms with Crippen LogP contribution in [0.4, 0.5) is 8.78 Å². The highest BCUT2D eigenvalue weighted by molar-refractivity contribution is 5.90. The fourth-order valence-corrected chi connectivity index (χ4v) is 3.82. The first-order valence-corrected chi connectivity index (χ1v) is 10.6. The maximum Gasteiger partial charge on any atom is 0.291 e. The molecule has 0 saturated carbocycles. The van der Waals surface area contributed by atoms with Gasteiger partial charge in [0.05, 0.1) is 29.1 Å². The summed E-state index contributed by atoms with van der Waals surface area (Å²) >= 11 is 0. The van der Waals surface area contributed by atoms with Crippen LogP contribution in [0, 0.1) is 18.6 Å². The summed E-state index contributed by atoms with van der Waals surface area (Å²) in [5.74, 6) is -0.756. The topological polar surface area (TPSA) is 77.6 Å². The van der Waals surface area contributed by atoms with Gasteiger partial charge in [-0.1, -0.05) is 24.3 Å². The van der Waals surface area contributed by atoms with Crippen LogP contribution in [0.2, 0.25) is 0 Å². The molecule has 1 atom stereocenters. The molecule has 0 spiro atoms. The average Bonchev–Trinajstić information content (AvgIpc) is 3.43. The Kier molecular flexibility index (Phi) is 5.59. The number of carbonyl (C=O) groups excluding carboxylic acids is 1. The molecule has 0 aliphatic heterocycles. The predicted molar refractivity (Wildman–Crippen MR) is 122 cm³/mol. The van der Waals surface area contributed by atoms with E-state index in [4.69, 9.17) is 0 Å². The van der Waals surface area contributed by atoms with E-state index in [2.05, 4.69) is 20.4 Å². The first-order valence-electron chi connectivity index (χ1n) is 10.6. The lowest BCUT2D eigenvalue weighted by Gasteiger charge is -2.19. The van der Waals surface area contributed by atoms with Crippen molar-refractivity contribution in [2.45, 2.75) is 19.5 Å². The maximum absolute atomic E-state index is 13.5. The number of aryl methyl sites for hydroxylation is 1. The summed E-state index contributed by atoms with van der Waals surface area (Å²) in [6, 6.07) is 18.9. The number of halogens is 2. The number of rotatable bonds is 6. The Labute approximate surface area is 193 Å². The van der Waals surface area contributed by atoms with E-state index in [9.17, 15) is 13.6 Å². The number of nitrogens with zero attached hydrogens (tertiary/aromatic N) is 5. The van der Waals surface area contributed by atoms with Crippen LogP contribution in [0.5, 0.6) is 0 Å². The normalized spacial score (nSPS) is 12.1. The highest BCUT2D eigenvalue weighted by Gasteiger charge is 2.21. The molecule has 170 valence electrons. The molecule has 2 aromatic heterocycles. The molecule has 0 bridgehead atoms. The summed E-state index contributed by atoms with van der Waals surface area (Å²) in [6.45, 7) is 2.08. The number of benzene rings is 3. The second-order valence-corrected chi connectivity index (χ2v) is 7.83. The van der Waals surface area contributed by atoms with E-state index in [0.717, 1.165) is 16.6 Å². The third-order valence-electron chi connectivity index (χ3n) is 5.53. The van der Waals surface area contributed by atoms with Crippen molar-refractivity contribution < 1.29 is 13.6 Å². The van der Waals surface area contributed by atoms with Crippen molar-refractivity contribution >= 4 is 16.9 Å². The van der Waals surface area contributed by atoms with E-state index in [0.29, 0.717) is 18.1 Å². The van der Waals surface area contributed by atoms with E-state index in [1.165, 1.54) is 28.9 Å². The van der Waals surface area contributed by atoms with Gasteiger partial charge in [0.2, 0.25) is 5.82 Å². The maximum atomic E-state index is 13.5. The lowest BCUT2D eigenvalue weighted by atomic mass is 10.1. The van der Waals surface area contributed by atoms with Crippen LogP contribution in [0.15, 0.2) is 79.1 Å². The Morgan fingerprint density at radius 3 is 2.38 bits per heavy atom. The fourth-order valence-electron chi connectivity index (χ4n) is 3.82. The summed E-state index contributed by atoms with van der Waals surface area (Å²) in [5, 5.41) is 7.27. The van der Waals surface area contributed by atoms with E-state index in [-0.39, 0.29) is 17.5 Å². The smallest absolute Gasteiger partial charge is 0.291 e. The van der Waals surface area contributed by atoms with Gasteiger partial charge in [0.25, 0.3) is 5.91 Å². The molecular formula is C25H20F2N6O. The standard InChI is InChI=1S/C25H20F2N6O/c1-16-29-24(31-33(16)20-12-10-19(27)11-13-20)25(34)30-22(17-6-8-18(26)9-7-17)14-32-15-28-21-4-2-3-5-23(21)32/h2-13,15,22H,14H2,1H3,(H,30,34). The Hall–Kier alpha value is -4.40. The van der Waals surface area contributed by atoms with Gasteiger partial charge in [-0.05, 0) is 61.0 Å². The van der Waals surface area contributed by atoms with Crippen LogP contribution in [0.1, 0.15) is 28.0 Å². The quantitative estimate of drug-likeness (QED) is 0.410. The van der Waals surface area contributed by atoms with Crippen molar-refractivity contribution in [3.8, 4) is 5.69 Å². The molecule has 7 nitrogen and oxygen atoms in total. The molecule has 0 aliphatic carbocycles. The zero-order chi connectivity index (χ0) is 23.7. The minimum atomic E-state index is -0.496. The number of hydrogen-bond donors (Lipinski definition) is 1. The number of imidazole rings is 1. The van der Waals surface area contributed by atoms with Gasteiger partial charge >= 0.3 is 0 Å². The van der Waals surface area contributed by atoms with E-state index in [1.807, 2.05) is 28.8 Å². The Morgan fingerprint density at radius 1 is 0.971 bits per heavy atom. The van der Waals surface area contributed by atoms with Crippen LogP contribution in [0.25, 0.3) is 16.7 Å². The largest absolute Gasteiger partial charge is 0.341 e. The lowest BCUT2D eigenvalue weighted by Crippen LogP contribution is -2.32. The first kappa shape index (κ1) is 21.4. The summed E-state index contributed by atoms with van der Waals surface area (Å²) in [5.41, 5.74) is 3.06. The molecule has 3 aromatic carbocycles. The Morgan fingerprint density at radius 2 is 1.65 bits per heavy atom. The molecule has 2 heterocycles. The Bertz CT molecular complexity index is 1460. The molecular weight excluding hydrogens is 438 g/mol. The van der Waals surface area contributed by atoms with Gasteiger partial charge in [-0.2, -0.15) is 0 Å². The molecule has 34 heavy (non-hydrogen) atoms. The van der Waals surface area contributed by atoms with Crippen LogP contribution in [-0.4, -0.2) is 30.2 Å². The lowest BCUT2D eigenvalue weighted by molar-refractivity contribution is 0.0922. The molecule has 1 unspecified atom stereocenters. The van der Waals surface area contributed by atoms with Crippen molar-refractivity contribution in [2.24, 2.45) is 0 Å². The fraction of sp³-hybridized carbons (Fsp3) is 0.120. The van der Waals surface area contributed by atoms with E-state index >= 15 is 0 Å². The molecule has 1 N–H and O–H groups in total. The molecule has 0 saturated heterocycles. The highest BCUT2D eigenvalue weighted by atomic mass is 19.1. The second kappa shape index (κ2) is 8.86. The average molecular weight is 458 g/mol. The van der Waals surface area contributed by atoms with Crippen molar-refractivity contribution in [1.29, 1.82) is 0 Å². The predicted octanol–water partition coefficient (Wildman–Crippen LogP) is 4.37. The van der Waals surface area contributed by atoms with Gasteiger partial charge in [-0.25, -0.2) is 23.4 Å². The molecule has 1 amide bonds. The SMILES string of the molecule is Cc1nc(C(=O)NC(Cn2cnc3ccccc32)c2ccc(F)cc2)nn1-c1ccc(F)cc1. The molecule has 9 heteroatoms. The van der Waals surface area contributed by atoms with Gasteiger partial charge in [0.1, 0.15) is 17.5 Å². The van der Waals surface area contributed by atoms with E-state index in [1.54, 1.807) is 37.5 Å². The molecule has 0 radical (unpaired) electrons. The van der Waals surface area contributed by atoms with Gasteiger partial charge in [0.15, 0.2) is 0 Å². The third-order valence-corrected chi connectivity index (χ3v) is 5.53. The van der Waals surface area contributed by atoms with E-state index < -0.39 is 11.9 Å². The molecule has 5 rings (SSSR count). The zero-order valence-corrected chi connectivity index (χ0v) is 18.2. The van der Waals surface area contributed by atoms with Gasteiger partial charge < -0.3 is 9.88 Å². The first-order chi connectivity index (χ1) is 16.5. The summed E-state index contributed by atoms with van der Waals surface area (Å²) in [7, 11) is 0. The summed E-state index contributed by atoms with van der Waals surface area (Å²) in [6.07, 6.45) is 1.71. The van der Waals surface area contributed by atoms with Crippen LogP contribution in [-0.2, 0) is 6.54 Å². The highest BCUT2D eigenvalue weighted by Crippen LogP contribution is 2.20. The minimum absolute atomic E-state index is 0.0237. The number of amides is 1. The molecule has 0 aliphatic rings. The second-order valence-electron chi connectivity index (χ2n) is 7.83. The van der Waals surface area contributed by atoms with Gasteiger partial charge in [0, 0.05) is 6.54 Å². The van der Waals surface area contributed by atoms with Crippen LogP contribution in [0.3, 0.4) is 0 Å². The van der Waals surface area contributed by atoms with Gasteiger partial charge in [-0.3, -0.25) is 4.79 Å². The number of fused-ring (bicyclic) bond motifs is 1. The van der Waals surface area contributed by atoms with Crippen molar-refractivity contribution in [2.75, 3.05) is 0 Å². The van der Waals surface area contributed by atoms with Crippen molar-refractivity contribution in [3.05, 3.63) is 108 Å². The number of carbonyl (C=O) groups is 1.